The minimum Gasteiger partial charge on any atom is -0.508 e. The SMILES string of the molecule is CC(C)(C)OC=O.O=C(Nc1ccc(O)cc1)c1ccc(N2CCC3CC32)cc1. The fourth-order valence-electron chi connectivity index (χ4n) is 3.41. The lowest BCUT2D eigenvalue weighted by Crippen LogP contribution is -2.22. The van der Waals surface area contributed by atoms with Crippen LogP contribution in [0, 0.1) is 5.92 Å². The van der Waals surface area contributed by atoms with E-state index in [9.17, 15) is 14.7 Å². The summed E-state index contributed by atoms with van der Waals surface area (Å²) < 4.78 is 4.55. The molecule has 2 fully saturated rings. The molecule has 2 aliphatic rings. The monoisotopic (exact) mass is 396 g/mol. The molecule has 154 valence electrons. The third-order valence-electron chi connectivity index (χ3n) is 5.01. The quantitative estimate of drug-likeness (QED) is 0.598. The van der Waals surface area contributed by atoms with Crippen LogP contribution in [-0.2, 0) is 9.53 Å². The zero-order chi connectivity index (χ0) is 21.0. The van der Waals surface area contributed by atoms with Gasteiger partial charge in [-0.2, -0.15) is 0 Å². The Morgan fingerprint density at radius 1 is 1.14 bits per heavy atom. The van der Waals surface area contributed by atoms with Crippen molar-refractivity contribution in [2.75, 3.05) is 16.8 Å². The van der Waals surface area contributed by atoms with Gasteiger partial charge in [0.25, 0.3) is 12.4 Å². The highest BCUT2D eigenvalue weighted by Crippen LogP contribution is 2.46. The smallest absolute Gasteiger partial charge is 0.293 e. The van der Waals surface area contributed by atoms with Gasteiger partial charge in [0, 0.05) is 29.5 Å². The number of carbonyl (C=O) groups excluding carboxylic acids is 2. The maximum Gasteiger partial charge on any atom is 0.293 e. The average Bonchev–Trinajstić information content (AvgIpc) is 3.33. The third kappa shape index (κ3) is 5.73. The van der Waals surface area contributed by atoms with Crippen molar-refractivity contribution in [1.29, 1.82) is 0 Å². The summed E-state index contributed by atoms with van der Waals surface area (Å²) in [5.41, 5.74) is 2.21. The largest absolute Gasteiger partial charge is 0.508 e. The van der Waals surface area contributed by atoms with Crippen molar-refractivity contribution in [3.05, 3.63) is 54.1 Å². The van der Waals surface area contributed by atoms with Crippen molar-refractivity contribution in [1.82, 2.24) is 0 Å². The predicted octanol–water partition coefficient (Wildman–Crippen LogP) is 4.20. The van der Waals surface area contributed by atoms with Crippen molar-refractivity contribution in [3.63, 3.8) is 0 Å². The van der Waals surface area contributed by atoms with Crippen LogP contribution in [0.1, 0.15) is 44.0 Å². The molecule has 6 heteroatoms. The summed E-state index contributed by atoms with van der Waals surface area (Å²) in [5, 5.41) is 12.1. The highest BCUT2D eigenvalue weighted by Gasteiger charge is 2.46. The van der Waals surface area contributed by atoms with E-state index in [-0.39, 0.29) is 17.3 Å². The molecular formula is C23H28N2O4. The van der Waals surface area contributed by atoms with Crippen LogP contribution < -0.4 is 10.2 Å². The Morgan fingerprint density at radius 3 is 2.24 bits per heavy atom. The normalized spacial score (nSPS) is 19.5. The summed E-state index contributed by atoms with van der Waals surface area (Å²) in [4.78, 5) is 24.3. The number of nitrogens with zero attached hydrogens (tertiary/aromatic N) is 1. The van der Waals surface area contributed by atoms with Gasteiger partial charge in [-0.3, -0.25) is 9.59 Å². The number of piperidine rings is 1. The van der Waals surface area contributed by atoms with Crippen molar-refractivity contribution in [3.8, 4) is 5.75 Å². The molecule has 2 N–H and O–H groups in total. The van der Waals surface area contributed by atoms with Gasteiger partial charge in [-0.25, -0.2) is 0 Å². The summed E-state index contributed by atoms with van der Waals surface area (Å²) in [7, 11) is 0. The fraction of sp³-hybridized carbons (Fsp3) is 0.391. The Balaban J connectivity index is 0.000000298. The molecule has 2 aromatic rings. The number of phenols is 1. The van der Waals surface area contributed by atoms with Gasteiger partial charge < -0.3 is 20.1 Å². The lowest BCUT2D eigenvalue weighted by molar-refractivity contribution is -0.138. The Kier molecular flexibility index (Phi) is 6.11. The maximum absolute atomic E-state index is 12.2. The van der Waals surface area contributed by atoms with Gasteiger partial charge in [0.1, 0.15) is 11.4 Å². The van der Waals surface area contributed by atoms with Crippen molar-refractivity contribution in [2.24, 2.45) is 5.92 Å². The topological polar surface area (TPSA) is 78.9 Å². The van der Waals surface area contributed by atoms with Gasteiger partial charge in [-0.15, -0.1) is 0 Å². The van der Waals surface area contributed by atoms with Crippen LogP contribution >= 0.6 is 0 Å². The lowest BCUT2D eigenvalue weighted by atomic mass is 10.1. The van der Waals surface area contributed by atoms with E-state index in [4.69, 9.17) is 0 Å². The molecule has 2 unspecified atom stereocenters. The van der Waals surface area contributed by atoms with E-state index < -0.39 is 0 Å². The molecule has 0 spiro atoms. The molecule has 1 aliphatic heterocycles. The molecule has 2 aromatic carbocycles. The molecular weight excluding hydrogens is 368 g/mol. The number of benzene rings is 2. The Labute approximate surface area is 171 Å². The molecule has 29 heavy (non-hydrogen) atoms. The molecule has 1 heterocycles. The van der Waals surface area contributed by atoms with Gasteiger partial charge in [0.05, 0.1) is 0 Å². The Morgan fingerprint density at radius 2 is 1.79 bits per heavy atom. The molecule has 1 saturated carbocycles. The van der Waals surface area contributed by atoms with Gasteiger partial charge in [-0.05, 0) is 88.1 Å². The molecule has 4 rings (SSSR count). The zero-order valence-electron chi connectivity index (χ0n) is 17.1. The number of nitrogens with one attached hydrogen (secondary N) is 1. The minimum absolute atomic E-state index is 0.136. The second kappa shape index (κ2) is 8.55. The average molecular weight is 396 g/mol. The first-order valence-electron chi connectivity index (χ1n) is 9.85. The molecule has 2 atom stereocenters. The van der Waals surface area contributed by atoms with E-state index in [2.05, 4.69) is 15.0 Å². The molecule has 0 aromatic heterocycles. The van der Waals surface area contributed by atoms with Gasteiger partial charge in [-0.1, -0.05) is 0 Å². The van der Waals surface area contributed by atoms with Crippen molar-refractivity contribution >= 4 is 23.8 Å². The number of amides is 1. The summed E-state index contributed by atoms with van der Waals surface area (Å²) in [6.07, 6.45) is 2.62. The fourth-order valence-corrected chi connectivity index (χ4v) is 3.41. The summed E-state index contributed by atoms with van der Waals surface area (Å²) in [5.74, 6) is 0.951. The highest BCUT2D eigenvalue weighted by atomic mass is 16.5. The molecule has 1 saturated heterocycles. The number of carbonyl (C=O) groups is 2. The van der Waals surface area contributed by atoms with Crippen molar-refractivity contribution < 1.29 is 19.4 Å². The predicted molar refractivity (Wildman–Crippen MR) is 113 cm³/mol. The van der Waals surface area contributed by atoms with Gasteiger partial charge >= 0.3 is 0 Å². The van der Waals surface area contributed by atoms with Crippen LogP contribution in [0.15, 0.2) is 48.5 Å². The Bertz CT molecular complexity index is 841. The van der Waals surface area contributed by atoms with Crippen LogP contribution in [0.2, 0.25) is 0 Å². The number of ether oxygens (including phenoxy) is 1. The highest BCUT2D eigenvalue weighted by molar-refractivity contribution is 6.04. The van der Waals surface area contributed by atoms with Gasteiger partial charge in [0.15, 0.2) is 0 Å². The second-order valence-electron chi connectivity index (χ2n) is 8.42. The van der Waals surface area contributed by atoms with E-state index in [1.54, 1.807) is 24.3 Å². The number of hydrogen-bond donors (Lipinski definition) is 2. The molecule has 1 amide bonds. The summed E-state index contributed by atoms with van der Waals surface area (Å²) >= 11 is 0. The number of aromatic hydroxyl groups is 1. The van der Waals surface area contributed by atoms with E-state index in [0.717, 1.165) is 18.5 Å². The minimum atomic E-state index is -0.318. The third-order valence-corrected chi connectivity index (χ3v) is 5.01. The van der Waals surface area contributed by atoms with E-state index in [1.807, 2.05) is 45.0 Å². The molecule has 1 aliphatic carbocycles. The van der Waals surface area contributed by atoms with Crippen LogP contribution in [0.3, 0.4) is 0 Å². The van der Waals surface area contributed by atoms with Crippen LogP contribution in [-0.4, -0.2) is 35.7 Å². The summed E-state index contributed by atoms with van der Waals surface area (Å²) in [6, 6.07) is 15.0. The van der Waals surface area contributed by atoms with Crippen LogP contribution in [0.5, 0.6) is 5.75 Å². The first-order valence-corrected chi connectivity index (χ1v) is 9.85. The van der Waals surface area contributed by atoms with Crippen LogP contribution in [0.25, 0.3) is 0 Å². The van der Waals surface area contributed by atoms with E-state index >= 15 is 0 Å². The first kappa shape index (κ1) is 20.7. The van der Waals surface area contributed by atoms with Gasteiger partial charge in [0.2, 0.25) is 0 Å². The molecule has 0 radical (unpaired) electrons. The lowest BCUT2D eigenvalue weighted by Gasteiger charge is -2.20. The number of phenolic OH excluding ortho intramolecular Hbond substituents is 1. The number of fused-ring (bicyclic) bond motifs is 1. The standard InChI is InChI=1S/C18H18N2O2.C5H10O2/c21-16-7-3-14(4-8-16)19-18(22)12-1-5-15(6-2-12)20-10-9-13-11-17(13)20;1-5(2,3)7-4-6/h1-8,13,17,21H,9-11H2,(H,19,22);4H,1-3H3. The Hall–Kier alpha value is -3.02. The van der Waals surface area contributed by atoms with E-state index in [1.165, 1.54) is 18.5 Å². The van der Waals surface area contributed by atoms with Crippen LogP contribution in [0.4, 0.5) is 11.4 Å². The number of rotatable bonds is 4. The zero-order valence-corrected chi connectivity index (χ0v) is 17.1. The molecule has 6 nitrogen and oxygen atoms in total. The molecule has 0 bridgehead atoms. The first-order chi connectivity index (χ1) is 13.8. The van der Waals surface area contributed by atoms with Crippen molar-refractivity contribution in [2.45, 2.75) is 45.3 Å². The number of hydrogen-bond acceptors (Lipinski definition) is 5. The maximum atomic E-state index is 12.2. The van der Waals surface area contributed by atoms with E-state index in [0.29, 0.717) is 17.7 Å². The summed E-state index contributed by atoms with van der Waals surface area (Å²) in [6.45, 7) is 7.05. The number of anilines is 2. The second-order valence-corrected chi connectivity index (χ2v) is 8.42.